The quantitative estimate of drug-likeness (QED) is 0.805. The normalized spacial score (nSPS) is 19.4. The second-order valence-electron chi connectivity index (χ2n) is 4.72. The van der Waals surface area contributed by atoms with E-state index in [1.165, 1.54) is 29.8 Å². The Morgan fingerprint density at radius 2 is 2.12 bits per heavy atom. The molecule has 1 heterocycles. The summed E-state index contributed by atoms with van der Waals surface area (Å²) in [6.45, 7) is 5.88. The van der Waals surface area contributed by atoms with Crippen molar-refractivity contribution in [3.8, 4) is 0 Å². The maximum atomic E-state index is 6.00. The first-order valence-electron chi connectivity index (χ1n) is 6.26. The van der Waals surface area contributed by atoms with Crippen molar-refractivity contribution in [2.75, 3.05) is 11.9 Å². The van der Waals surface area contributed by atoms with E-state index in [-0.39, 0.29) is 0 Å². The van der Waals surface area contributed by atoms with E-state index in [0.29, 0.717) is 0 Å². The Balaban J connectivity index is 2.14. The van der Waals surface area contributed by atoms with Crippen molar-refractivity contribution >= 4 is 26.1 Å². The zero-order valence-corrected chi connectivity index (χ0v) is 12.0. The van der Waals surface area contributed by atoms with Crippen LogP contribution in [0.4, 0.5) is 5.69 Å². The molecule has 0 spiro atoms. The monoisotopic (exact) mass is 253 g/mol. The fourth-order valence-corrected chi connectivity index (χ4v) is 5.90. The van der Waals surface area contributed by atoms with E-state index in [0.717, 1.165) is 17.1 Å². The van der Waals surface area contributed by atoms with Crippen LogP contribution in [-0.2, 0) is 6.42 Å². The van der Waals surface area contributed by atoms with Gasteiger partial charge in [0, 0.05) is 26.1 Å². The van der Waals surface area contributed by atoms with Crippen molar-refractivity contribution in [1.82, 2.24) is 0 Å². The van der Waals surface area contributed by atoms with Crippen LogP contribution in [0.2, 0.25) is 22.7 Å². The lowest BCUT2D eigenvalue weighted by atomic mass is 10.0. The molecule has 1 aliphatic heterocycles. The lowest BCUT2D eigenvalue weighted by Gasteiger charge is -2.30. The number of benzene rings is 1. The SMILES string of the molecule is CC[SiH](CC)[C@H]1CNc2cc(Cl)ccc2C1. The average molecular weight is 254 g/mol. The Bertz CT molecular complexity index is 363. The minimum Gasteiger partial charge on any atom is -0.385 e. The van der Waals surface area contributed by atoms with E-state index in [4.69, 9.17) is 11.6 Å². The summed E-state index contributed by atoms with van der Waals surface area (Å²) >= 11 is 6.00. The molecule has 1 aromatic carbocycles. The highest BCUT2D eigenvalue weighted by Crippen LogP contribution is 2.32. The molecule has 1 atom stereocenters. The van der Waals surface area contributed by atoms with Gasteiger partial charge in [0.15, 0.2) is 0 Å². The zero-order valence-electron chi connectivity index (χ0n) is 10.1. The van der Waals surface area contributed by atoms with Gasteiger partial charge in [0.2, 0.25) is 0 Å². The molecule has 1 aromatic rings. The van der Waals surface area contributed by atoms with E-state index in [2.05, 4.69) is 31.3 Å². The predicted octanol–water partition coefficient (Wildman–Crippen LogP) is 3.95. The van der Waals surface area contributed by atoms with Crippen molar-refractivity contribution in [2.24, 2.45) is 0 Å². The van der Waals surface area contributed by atoms with Crippen molar-refractivity contribution < 1.29 is 0 Å². The number of hydrogen-bond acceptors (Lipinski definition) is 1. The van der Waals surface area contributed by atoms with E-state index in [1.807, 2.05) is 6.07 Å². The highest BCUT2D eigenvalue weighted by Gasteiger charge is 2.24. The summed E-state index contributed by atoms with van der Waals surface area (Å²) in [4.78, 5) is 0. The molecule has 1 nitrogen and oxygen atoms in total. The molecule has 0 fully saturated rings. The van der Waals surface area contributed by atoms with Crippen LogP contribution in [0.3, 0.4) is 0 Å². The van der Waals surface area contributed by atoms with Gasteiger partial charge in [-0.25, -0.2) is 0 Å². The van der Waals surface area contributed by atoms with Gasteiger partial charge < -0.3 is 5.32 Å². The smallest absolute Gasteiger partial charge is 0.0426 e. The topological polar surface area (TPSA) is 12.0 Å². The van der Waals surface area contributed by atoms with Crippen LogP contribution < -0.4 is 5.32 Å². The second kappa shape index (κ2) is 5.24. The molecular formula is C13H20ClNSi. The molecule has 88 valence electrons. The average Bonchev–Trinajstić information content (AvgIpc) is 2.31. The predicted molar refractivity (Wildman–Crippen MR) is 75.5 cm³/mol. The van der Waals surface area contributed by atoms with Crippen LogP contribution >= 0.6 is 11.6 Å². The summed E-state index contributed by atoms with van der Waals surface area (Å²) in [6.07, 6.45) is 1.26. The van der Waals surface area contributed by atoms with E-state index in [9.17, 15) is 0 Å². The van der Waals surface area contributed by atoms with Crippen LogP contribution in [0.25, 0.3) is 0 Å². The second-order valence-corrected chi connectivity index (χ2v) is 9.26. The van der Waals surface area contributed by atoms with Gasteiger partial charge >= 0.3 is 0 Å². The van der Waals surface area contributed by atoms with Gasteiger partial charge in [-0.05, 0) is 29.7 Å². The van der Waals surface area contributed by atoms with Crippen LogP contribution in [0.1, 0.15) is 19.4 Å². The largest absolute Gasteiger partial charge is 0.385 e. The summed E-state index contributed by atoms with van der Waals surface area (Å²) in [7, 11) is -0.540. The van der Waals surface area contributed by atoms with Gasteiger partial charge in [-0.3, -0.25) is 0 Å². The molecule has 2 rings (SSSR count). The molecule has 3 heteroatoms. The lowest BCUT2D eigenvalue weighted by Crippen LogP contribution is -2.30. The molecule has 16 heavy (non-hydrogen) atoms. The molecule has 1 N–H and O–H groups in total. The molecular weight excluding hydrogens is 234 g/mol. The minimum atomic E-state index is -0.540. The van der Waals surface area contributed by atoms with Crippen LogP contribution in [0.5, 0.6) is 0 Å². The van der Waals surface area contributed by atoms with E-state index >= 15 is 0 Å². The number of fused-ring (bicyclic) bond motifs is 1. The Hall–Kier alpha value is -0.473. The third-order valence-corrected chi connectivity index (χ3v) is 7.96. The van der Waals surface area contributed by atoms with Gasteiger partial charge in [-0.2, -0.15) is 0 Å². The summed E-state index contributed by atoms with van der Waals surface area (Å²) in [5.74, 6) is 0. The minimum absolute atomic E-state index is 0.540. The molecule has 0 radical (unpaired) electrons. The maximum Gasteiger partial charge on any atom is 0.0426 e. The van der Waals surface area contributed by atoms with Gasteiger partial charge in [0.05, 0.1) is 0 Å². The standard InChI is InChI=1S/C13H20ClNSi/c1-3-16(4-2)12-7-10-5-6-11(14)8-13(10)15-9-12/h5-6,8,12,15-16H,3-4,7,9H2,1-2H3/t12-/m1/s1. The van der Waals surface area contributed by atoms with Gasteiger partial charge in [-0.15, -0.1) is 0 Å². The third-order valence-electron chi connectivity index (χ3n) is 3.82. The zero-order chi connectivity index (χ0) is 11.5. The molecule has 1 aliphatic rings. The summed E-state index contributed by atoms with van der Waals surface area (Å²) in [5.41, 5.74) is 3.63. The first-order valence-corrected chi connectivity index (χ1v) is 8.94. The first kappa shape index (κ1) is 12.0. The molecule has 0 amide bonds. The third kappa shape index (κ3) is 2.43. The van der Waals surface area contributed by atoms with E-state index < -0.39 is 8.80 Å². The first-order chi connectivity index (χ1) is 7.74. The van der Waals surface area contributed by atoms with E-state index in [1.54, 1.807) is 0 Å². The summed E-state index contributed by atoms with van der Waals surface area (Å²) < 4.78 is 0. The molecule has 0 aliphatic carbocycles. The van der Waals surface area contributed by atoms with Crippen molar-refractivity contribution in [3.05, 3.63) is 28.8 Å². The molecule has 0 bridgehead atoms. The van der Waals surface area contributed by atoms with Crippen LogP contribution in [0.15, 0.2) is 18.2 Å². The highest BCUT2D eigenvalue weighted by atomic mass is 35.5. The molecule has 0 saturated carbocycles. The maximum absolute atomic E-state index is 6.00. The number of anilines is 1. The fourth-order valence-electron chi connectivity index (χ4n) is 2.78. The Labute approximate surface area is 105 Å². The lowest BCUT2D eigenvalue weighted by molar-refractivity contribution is 0.796. The van der Waals surface area contributed by atoms with Crippen molar-refractivity contribution in [1.29, 1.82) is 0 Å². The number of hydrogen-bond donors (Lipinski definition) is 1. The Kier molecular flexibility index (Phi) is 3.93. The number of rotatable bonds is 3. The van der Waals surface area contributed by atoms with Gasteiger partial charge in [0.1, 0.15) is 0 Å². The Morgan fingerprint density at radius 1 is 1.38 bits per heavy atom. The number of halogens is 1. The fraction of sp³-hybridized carbons (Fsp3) is 0.538. The molecule has 0 unspecified atom stereocenters. The molecule has 0 saturated heterocycles. The van der Waals surface area contributed by atoms with Gasteiger partial charge in [-0.1, -0.05) is 43.6 Å². The van der Waals surface area contributed by atoms with Crippen molar-refractivity contribution in [3.63, 3.8) is 0 Å². The summed E-state index contributed by atoms with van der Waals surface area (Å²) in [5, 5.41) is 4.39. The Morgan fingerprint density at radius 3 is 2.81 bits per heavy atom. The van der Waals surface area contributed by atoms with Crippen molar-refractivity contribution in [2.45, 2.75) is 37.9 Å². The highest BCUT2D eigenvalue weighted by molar-refractivity contribution is 6.60. The molecule has 0 aromatic heterocycles. The number of nitrogens with one attached hydrogen (secondary N) is 1. The van der Waals surface area contributed by atoms with Crippen LogP contribution in [-0.4, -0.2) is 15.3 Å². The van der Waals surface area contributed by atoms with Gasteiger partial charge in [0.25, 0.3) is 0 Å². The summed E-state index contributed by atoms with van der Waals surface area (Å²) in [6, 6.07) is 9.10. The van der Waals surface area contributed by atoms with Crippen LogP contribution in [0, 0.1) is 0 Å².